The van der Waals surface area contributed by atoms with Gasteiger partial charge in [0.1, 0.15) is 0 Å². The first-order chi connectivity index (χ1) is 12.6. The molecule has 26 heavy (non-hydrogen) atoms. The van der Waals surface area contributed by atoms with Gasteiger partial charge >= 0.3 is 0 Å². The topological polar surface area (TPSA) is 50.2 Å². The van der Waals surface area contributed by atoms with E-state index in [2.05, 4.69) is 22.2 Å². The minimum Gasteiger partial charge on any atom is -0.352 e. The molecule has 0 bridgehead atoms. The summed E-state index contributed by atoms with van der Waals surface area (Å²) in [4.78, 5) is 14.8. The SMILES string of the molecule is Cc1cnn(-c2ccc(C(=O)NCCCCN3CCC(C)CC3)cc2)c1. The van der Waals surface area contributed by atoms with Crippen LogP contribution in [0.2, 0.25) is 0 Å². The van der Waals surface area contributed by atoms with Crippen molar-refractivity contribution in [3.63, 3.8) is 0 Å². The Balaban J connectivity index is 1.37. The van der Waals surface area contributed by atoms with Crippen molar-refractivity contribution in [3.8, 4) is 5.69 Å². The average molecular weight is 354 g/mol. The second-order valence-corrected chi connectivity index (χ2v) is 7.50. The summed E-state index contributed by atoms with van der Waals surface area (Å²) in [5.74, 6) is 0.884. The molecule has 5 nitrogen and oxygen atoms in total. The molecule has 0 unspecified atom stereocenters. The number of carbonyl (C=O) groups excluding carboxylic acids is 1. The highest BCUT2D eigenvalue weighted by molar-refractivity contribution is 5.94. The molecule has 5 heteroatoms. The van der Waals surface area contributed by atoms with Crippen LogP contribution < -0.4 is 5.32 Å². The largest absolute Gasteiger partial charge is 0.352 e. The number of nitrogens with one attached hydrogen (secondary N) is 1. The average Bonchev–Trinajstić information content (AvgIpc) is 3.09. The van der Waals surface area contributed by atoms with E-state index in [-0.39, 0.29) is 5.91 Å². The Kier molecular flexibility index (Phi) is 6.45. The van der Waals surface area contributed by atoms with E-state index in [9.17, 15) is 4.79 Å². The number of likely N-dealkylation sites (tertiary alicyclic amines) is 1. The van der Waals surface area contributed by atoms with Crippen molar-refractivity contribution in [1.29, 1.82) is 0 Å². The van der Waals surface area contributed by atoms with Crippen molar-refractivity contribution in [1.82, 2.24) is 20.0 Å². The molecule has 1 aromatic heterocycles. The van der Waals surface area contributed by atoms with Crippen molar-refractivity contribution in [2.45, 2.75) is 39.5 Å². The van der Waals surface area contributed by atoms with Gasteiger partial charge in [-0.1, -0.05) is 6.92 Å². The first kappa shape index (κ1) is 18.6. The number of hydrogen-bond donors (Lipinski definition) is 1. The Hall–Kier alpha value is -2.14. The van der Waals surface area contributed by atoms with Crippen LogP contribution in [0.1, 0.15) is 48.5 Å². The summed E-state index contributed by atoms with van der Waals surface area (Å²) in [7, 11) is 0. The second-order valence-electron chi connectivity index (χ2n) is 7.50. The van der Waals surface area contributed by atoms with Gasteiger partial charge in [-0.2, -0.15) is 5.10 Å². The third kappa shape index (κ3) is 5.18. The highest BCUT2D eigenvalue weighted by atomic mass is 16.1. The maximum atomic E-state index is 12.3. The normalized spacial score (nSPS) is 15.9. The number of nitrogens with zero attached hydrogens (tertiary/aromatic N) is 3. The maximum Gasteiger partial charge on any atom is 0.251 e. The Labute approximate surface area is 156 Å². The standard InChI is InChI=1S/C21H30N4O/c1-17-9-13-24(14-10-17)12-4-3-11-22-21(26)19-5-7-20(8-6-19)25-16-18(2)15-23-25/h5-8,15-17H,3-4,9-14H2,1-2H3,(H,22,26). The van der Waals surface area contributed by atoms with E-state index in [1.165, 1.54) is 25.9 Å². The number of piperidine rings is 1. The third-order valence-corrected chi connectivity index (χ3v) is 5.17. The van der Waals surface area contributed by atoms with Gasteiger partial charge in [-0.3, -0.25) is 4.79 Å². The molecule has 1 aliphatic heterocycles. The molecule has 1 N–H and O–H groups in total. The predicted molar refractivity (Wildman–Crippen MR) is 105 cm³/mol. The second kappa shape index (κ2) is 8.99. The van der Waals surface area contributed by atoms with Crippen molar-refractivity contribution in [3.05, 3.63) is 47.8 Å². The first-order valence-corrected chi connectivity index (χ1v) is 9.74. The first-order valence-electron chi connectivity index (χ1n) is 9.74. The Morgan fingerprint density at radius 3 is 2.58 bits per heavy atom. The van der Waals surface area contributed by atoms with E-state index in [0.717, 1.165) is 43.1 Å². The van der Waals surface area contributed by atoms with Crippen molar-refractivity contribution in [2.75, 3.05) is 26.2 Å². The number of aromatic nitrogens is 2. The molecule has 0 aliphatic carbocycles. The van der Waals surface area contributed by atoms with Crippen LogP contribution in [-0.2, 0) is 0 Å². The lowest BCUT2D eigenvalue weighted by Gasteiger charge is -2.30. The smallest absolute Gasteiger partial charge is 0.251 e. The molecule has 0 radical (unpaired) electrons. The van der Waals surface area contributed by atoms with Crippen LogP contribution in [0.5, 0.6) is 0 Å². The summed E-state index contributed by atoms with van der Waals surface area (Å²) in [5, 5.41) is 7.31. The molecule has 3 rings (SSSR count). The number of hydrogen-bond acceptors (Lipinski definition) is 3. The predicted octanol–water partition coefficient (Wildman–Crippen LogP) is 3.42. The quantitative estimate of drug-likeness (QED) is 0.775. The van der Waals surface area contributed by atoms with Crippen molar-refractivity contribution in [2.24, 2.45) is 5.92 Å². The van der Waals surface area contributed by atoms with Gasteiger partial charge in [-0.25, -0.2) is 4.68 Å². The van der Waals surface area contributed by atoms with Crippen LogP contribution in [0.4, 0.5) is 0 Å². The molecular formula is C21H30N4O. The molecule has 1 saturated heterocycles. The van der Waals surface area contributed by atoms with Gasteiger partial charge in [0.2, 0.25) is 0 Å². The monoisotopic (exact) mass is 354 g/mol. The molecule has 1 aromatic carbocycles. The molecule has 0 saturated carbocycles. The Bertz CT molecular complexity index is 699. The van der Waals surface area contributed by atoms with E-state index in [0.29, 0.717) is 5.56 Å². The van der Waals surface area contributed by atoms with Crippen LogP contribution in [0, 0.1) is 12.8 Å². The minimum absolute atomic E-state index is 0.00000633. The molecule has 1 aliphatic rings. The molecule has 1 fully saturated rings. The zero-order valence-electron chi connectivity index (χ0n) is 15.9. The van der Waals surface area contributed by atoms with Crippen molar-refractivity contribution < 1.29 is 4.79 Å². The molecule has 0 atom stereocenters. The number of unbranched alkanes of at least 4 members (excludes halogenated alkanes) is 1. The fraction of sp³-hybridized carbons (Fsp3) is 0.524. The number of aryl methyl sites for hydroxylation is 1. The Morgan fingerprint density at radius 1 is 1.19 bits per heavy atom. The minimum atomic E-state index is -0.00000633. The van der Waals surface area contributed by atoms with Gasteiger partial charge in [0.15, 0.2) is 0 Å². The van der Waals surface area contributed by atoms with E-state index >= 15 is 0 Å². The van der Waals surface area contributed by atoms with Gasteiger partial charge < -0.3 is 10.2 Å². The van der Waals surface area contributed by atoms with Crippen LogP contribution in [0.15, 0.2) is 36.7 Å². The van der Waals surface area contributed by atoms with Gasteiger partial charge in [0.25, 0.3) is 5.91 Å². The number of rotatable bonds is 7. The number of carbonyl (C=O) groups is 1. The highest BCUT2D eigenvalue weighted by Gasteiger charge is 2.14. The number of benzene rings is 1. The fourth-order valence-corrected chi connectivity index (χ4v) is 3.37. The van der Waals surface area contributed by atoms with Crippen LogP contribution >= 0.6 is 0 Å². The number of amides is 1. The third-order valence-electron chi connectivity index (χ3n) is 5.17. The lowest BCUT2D eigenvalue weighted by molar-refractivity contribution is 0.0952. The van der Waals surface area contributed by atoms with E-state index in [1.807, 2.05) is 48.3 Å². The lowest BCUT2D eigenvalue weighted by Crippen LogP contribution is -2.34. The summed E-state index contributed by atoms with van der Waals surface area (Å²) in [6.45, 7) is 8.71. The zero-order valence-corrected chi connectivity index (χ0v) is 15.9. The summed E-state index contributed by atoms with van der Waals surface area (Å²) in [6.07, 6.45) is 8.62. The summed E-state index contributed by atoms with van der Waals surface area (Å²) in [6, 6.07) is 7.57. The fourth-order valence-electron chi connectivity index (χ4n) is 3.37. The highest BCUT2D eigenvalue weighted by Crippen LogP contribution is 2.16. The van der Waals surface area contributed by atoms with Gasteiger partial charge in [-0.15, -0.1) is 0 Å². The molecule has 1 amide bonds. The van der Waals surface area contributed by atoms with Gasteiger partial charge in [0, 0.05) is 18.3 Å². The van der Waals surface area contributed by atoms with E-state index in [1.54, 1.807) is 0 Å². The molecule has 2 aromatic rings. The maximum absolute atomic E-state index is 12.3. The van der Waals surface area contributed by atoms with E-state index < -0.39 is 0 Å². The molecular weight excluding hydrogens is 324 g/mol. The lowest BCUT2D eigenvalue weighted by atomic mass is 9.99. The summed E-state index contributed by atoms with van der Waals surface area (Å²) in [5.41, 5.74) is 2.78. The molecule has 2 heterocycles. The van der Waals surface area contributed by atoms with Crippen LogP contribution in [0.25, 0.3) is 5.69 Å². The summed E-state index contributed by atoms with van der Waals surface area (Å²) < 4.78 is 1.82. The van der Waals surface area contributed by atoms with Crippen LogP contribution in [-0.4, -0.2) is 46.8 Å². The van der Waals surface area contributed by atoms with Gasteiger partial charge in [-0.05, 0) is 88.0 Å². The summed E-state index contributed by atoms with van der Waals surface area (Å²) >= 11 is 0. The zero-order chi connectivity index (χ0) is 18.4. The molecule has 0 spiro atoms. The molecule has 140 valence electrons. The van der Waals surface area contributed by atoms with Crippen LogP contribution in [0.3, 0.4) is 0 Å². The van der Waals surface area contributed by atoms with Crippen molar-refractivity contribution >= 4 is 5.91 Å². The Morgan fingerprint density at radius 2 is 1.92 bits per heavy atom. The van der Waals surface area contributed by atoms with Gasteiger partial charge in [0.05, 0.1) is 11.9 Å². The van der Waals surface area contributed by atoms with E-state index in [4.69, 9.17) is 0 Å².